The lowest BCUT2D eigenvalue weighted by molar-refractivity contribution is -0.143. The summed E-state index contributed by atoms with van der Waals surface area (Å²) in [6.45, 7) is 12.5. The van der Waals surface area contributed by atoms with Gasteiger partial charge in [-0.2, -0.15) is 0 Å². The van der Waals surface area contributed by atoms with Gasteiger partial charge in [0.1, 0.15) is 11.4 Å². The summed E-state index contributed by atoms with van der Waals surface area (Å²) in [7, 11) is 0. The maximum absolute atomic E-state index is 13.5. The summed E-state index contributed by atoms with van der Waals surface area (Å²) < 4.78 is 6.48. The van der Waals surface area contributed by atoms with Crippen LogP contribution in [0.25, 0.3) is 0 Å². The number of fused-ring (bicyclic) bond motifs is 1. The minimum Gasteiger partial charge on any atom is -0.487 e. The number of likely N-dealkylation sites (tertiary alicyclic amines) is 1. The fourth-order valence-corrected chi connectivity index (χ4v) is 5.09. The number of hydrogen-bond donors (Lipinski definition) is 1. The number of carbonyl (C=O) groups excluding carboxylic acids is 1. The predicted octanol–water partition coefficient (Wildman–Crippen LogP) is 4.67. The van der Waals surface area contributed by atoms with Crippen molar-refractivity contribution in [2.24, 2.45) is 17.8 Å². The maximum Gasteiger partial charge on any atom is 0.226 e. The molecule has 4 heteroatoms. The molecule has 4 nitrogen and oxygen atoms in total. The molecule has 1 N–H and O–H groups in total. The molecule has 2 heterocycles. The van der Waals surface area contributed by atoms with Crippen molar-refractivity contribution < 1.29 is 9.53 Å². The van der Waals surface area contributed by atoms with Crippen molar-refractivity contribution in [1.29, 1.82) is 0 Å². The molecule has 0 bridgehead atoms. The third-order valence-electron chi connectivity index (χ3n) is 7.18. The van der Waals surface area contributed by atoms with Crippen molar-refractivity contribution in [2.75, 3.05) is 26.2 Å². The van der Waals surface area contributed by atoms with E-state index in [4.69, 9.17) is 4.74 Å². The average Bonchev–Trinajstić information content (AvgIpc) is 2.74. The summed E-state index contributed by atoms with van der Waals surface area (Å²) in [6, 6.07) is 8.41. The minimum atomic E-state index is -0.0781. The summed E-state index contributed by atoms with van der Waals surface area (Å²) in [5, 5.41) is 3.52. The smallest absolute Gasteiger partial charge is 0.226 e. The van der Waals surface area contributed by atoms with Gasteiger partial charge < -0.3 is 15.0 Å². The van der Waals surface area contributed by atoms with Gasteiger partial charge in [-0.25, -0.2) is 0 Å². The Kier molecular flexibility index (Phi) is 7.61. The Morgan fingerprint density at radius 2 is 1.86 bits per heavy atom. The molecule has 0 radical (unpaired) electrons. The van der Waals surface area contributed by atoms with Gasteiger partial charge in [-0.05, 0) is 55.8 Å². The first-order chi connectivity index (χ1) is 14.0. The van der Waals surface area contributed by atoms with Gasteiger partial charge in [0, 0.05) is 31.8 Å². The summed E-state index contributed by atoms with van der Waals surface area (Å²) >= 11 is 0. The second kappa shape index (κ2) is 9.97. The molecule has 0 aliphatic carbocycles. The van der Waals surface area contributed by atoms with Gasteiger partial charge in [-0.3, -0.25) is 4.79 Å². The van der Waals surface area contributed by atoms with Gasteiger partial charge in [0.25, 0.3) is 0 Å². The maximum atomic E-state index is 13.5. The van der Waals surface area contributed by atoms with Crippen LogP contribution >= 0.6 is 0 Å². The number of para-hydroxylation sites is 1. The van der Waals surface area contributed by atoms with Crippen LogP contribution < -0.4 is 10.1 Å². The van der Waals surface area contributed by atoms with Gasteiger partial charge in [0.15, 0.2) is 0 Å². The largest absolute Gasteiger partial charge is 0.487 e. The molecular weight excluding hydrogens is 360 g/mol. The molecule has 2 aliphatic rings. The van der Waals surface area contributed by atoms with Crippen molar-refractivity contribution in [3.63, 3.8) is 0 Å². The lowest BCUT2D eigenvalue weighted by Crippen LogP contribution is -2.53. The average molecular weight is 401 g/mol. The first-order valence-electron chi connectivity index (χ1n) is 11.8. The van der Waals surface area contributed by atoms with Crippen molar-refractivity contribution in [1.82, 2.24) is 10.2 Å². The lowest BCUT2D eigenvalue weighted by atomic mass is 9.79. The van der Waals surface area contributed by atoms with Crippen molar-refractivity contribution in [3.8, 4) is 5.75 Å². The molecular formula is C25H40N2O2. The molecule has 1 aromatic rings. The van der Waals surface area contributed by atoms with Crippen LogP contribution in [0.3, 0.4) is 0 Å². The molecule has 3 atom stereocenters. The summed E-state index contributed by atoms with van der Waals surface area (Å²) in [5.41, 5.74) is 1.24. The summed E-state index contributed by atoms with van der Waals surface area (Å²) in [6.07, 6.45) is 6.22. The second-order valence-electron chi connectivity index (χ2n) is 9.31. The topological polar surface area (TPSA) is 41.6 Å². The van der Waals surface area contributed by atoms with Crippen LogP contribution in [0.15, 0.2) is 24.3 Å². The van der Waals surface area contributed by atoms with E-state index in [-0.39, 0.29) is 11.5 Å². The third-order valence-corrected chi connectivity index (χ3v) is 7.18. The van der Waals surface area contributed by atoms with E-state index in [1.807, 2.05) is 0 Å². The Hall–Kier alpha value is -1.55. The molecule has 29 heavy (non-hydrogen) atoms. The number of rotatable bonds is 8. The number of nitrogens with zero attached hydrogens (tertiary/aromatic N) is 1. The van der Waals surface area contributed by atoms with Gasteiger partial charge >= 0.3 is 0 Å². The highest BCUT2D eigenvalue weighted by Gasteiger charge is 2.42. The molecule has 1 aromatic carbocycles. The van der Waals surface area contributed by atoms with Gasteiger partial charge in [-0.15, -0.1) is 0 Å². The van der Waals surface area contributed by atoms with Crippen LogP contribution in [0.1, 0.15) is 65.4 Å². The standard InChI is InChI=1S/C25H40N2O2/c1-5-15-26-18-20(4)23(19(3)6-2)24(28)27-16-13-25(14-17-27)12-11-21-9-7-8-10-22(21)29-25/h7-10,19-20,23,26H,5-6,11-18H2,1-4H3. The van der Waals surface area contributed by atoms with E-state index in [1.54, 1.807) is 0 Å². The van der Waals surface area contributed by atoms with E-state index in [0.29, 0.717) is 17.7 Å². The molecule has 3 rings (SSSR count). The molecule has 0 aromatic heterocycles. The van der Waals surface area contributed by atoms with E-state index in [9.17, 15) is 4.79 Å². The number of ether oxygens (including phenoxy) is 1. The number of aryl methyl sites for hydroxylation is 1. The van der Waals surface area contributed by atoms with E-state index >= 15 is 0 Å². The molecule has 1 amide bonds. The van der Waals surface area contributed by atoms with E-state index in [2.05, 4.69) is 62.2 Å². The van der Waals surface area contributed by atoms with Crippen molar-refractivity contribution in [2.45, 2.75) is 71.8 Å². The Morgan fingerprint density at radius 3 is 2.55 bits per heavy atom. The van der Waals surface area contributed by atoms with Crippen LogP contribution in [0.4, 0.5) is 0 Å². The number of piperidine rings is 1. The lowest BCUT2D eigenvalue weighted by Gasteiger charge is -2.45. The zero-order valence-electron chi connectivity index (χ0n) is 18.9. The van der Waals surface area contributed by atoms with Crippen LogP contribution in [-0.2, 0) is 11.2 Å². The third kappa shape index (κ3) is 5.14. The Morgan fingerprint density at radius 1 is 1.14 bits per heavy atom. The van der Waals surface area contributed by atoms with Crippen LogP contribution in [0, 0.1) is 17.8 Å². The highest BCUT2D eigenvalue weighted by molar-refractivity contribution is 5.79. The number of hydrogen-bond acceptors (Lipinski definition) is 3. The fourth-order valence-electron chi connectivity index (χ4n) is 5.09. The van der Waals surface area contributed by atoms with E-state index in [0.717, 1.165) is 70.5 Å². The molecule has 2 aliphatic heterocycles. The van der Waals surface area contributed by atoms with E-state index in [1.165, 1.54) is 5.56 Å². The Labute approximate surface area is 177 Å². The predicted molar refractivity (Wildman–Crippen MR) is 119 cm³/mol. The zero-order valence-corrected chi connectivity index (χ0v) is 18.9. The number of carbonyl (C=O) groups is 1. The molecule has 0 saturated carbocycles. The quantitative estimate of drug-likeness (QED) is 0.645. The van der Waals surface area contributed by atoms with Crippen LogP contribution in [-0.4, -0.2) is 42.6 Å². The van der Waals surface area contributed by atoms with Gasteiger partial charge in [0.2, 0.25) is 5.91 Å². The molecule has 1 fully saturated rings. The number of benzene rings is 1. The normalized spacial score (nSPS) is 21.2. The first-order valence-corrected chi connectivity index (χ1v) is 11.8. The molecule has 1 saturated heterocycles. The highest BCUT2D eigenvalue weighted by atomic mass is 16.5. The van der Waals surface area contributed by atoms with Crippen LogP contribution in [0.2, 0.25) is 0 Å². The summed E-state index contributed by atoms with van der Waals surface area (Å²) in [4.78, 5) is 15.6. The molecule has 3 unspecified atom stereocenters. The van der Waals surface area contributed by atoms with E-state index < -0.39 is 0 Å². The second-order valence-corrected chi connectivity index (χ2v) is 9.31. The van der Waals surface area contributed by atoms with Crippen molar-refractivity contribution >= 4 is 5.91 Å². The first kappa shape index (κ1) is 22.1. The summed E-state index contributed by atoms with van der Waals surface area (Å²) in [5.74, 6) is 2.28. The fraction of sp³-hybridized carbons (Fsp3) is 0.720. The Bertz CT molecular complexity index is 667. The van der Waals surface area contributed by atoms with Gasteiger partial charge in [0.05, 0.1) is 0 Å². The molecule has 1 spiro atoms. The number of amides is 1. The Balaban J connectivity index is 1.61. The molecule has 162 valence electrons. The monoisotopic (exact) mass is 400 g/mol. The zero-order chi connectivity index (χ0) is 20.9. The van der Waals surface area contributed by atoms with Crippen molar-refractivity contribution in [3.05, 3.63) is 29.8 Å². The number of nitrogens with one attached hydrogen (secondary N) is 1. The minimum absolute atomic E-state index is 0.0781. The highest BCUT2D eigenvalue weighted by Crippen LogP contribution is 2.39. The van der Waals surface area contributed by atoms with Crippen LogP contribution in [0.5, 0.6) is 5.75 Å². The van der Waals surface area contributed by atoms with Gasteiger partial charge in [-0.1, -0.05) is 52.3 Å². The SMILES string of the molecule is CCCNCC(C)C(C(=O)N1CCC2(CCc3ccccc3O2)CC1)C(C)CC.